The van der Waals surface area contributed by atoms with Crippen molar-refractivity contribution in [3.63, 3.8) is 0 Å². The molecule has 0 bridgehead atoms. The number of nitrogens with zero attached hydrogens (tertiary/aromatic N) is 2. The highest BCUT2D eigenvalue weighted by Gasteiger charge is 2.22. The second-order valence-corrected chi connectivity index (χ2v) is 7.86. The number of carbonyl (C=O) groups excluding carboxylic acids is 1. The smallest absolute Gasteiger partial charge is 0.248 e. The lowest BCUT2D eigenvalue weighted by Gasteiger charge is -2.34. The zero-order valence-corrected chi connectivity index (χ0v) is 16.3. The second kappa shape index (κ2) is 8.88. The minimum atomic E-state index is -0.395. The molecule has 0 unspecified atom stereocenters. The van der Waals surface area contributed by atoms with Crippen molar-refractivity contribution in [3.05, 3.63) is 36.2 Å². The zero-order chi connectivity index (χ0) is 19.3. The summed E-state index contributed by atoms with van der Waals surface area (Å²) in [6, 6.07) is 5.58. The summed E-state index contributed by atoms with van der Waals surface area (Å²) in [5, 5.41) is 2.09. The first-order chi connectivity index (χ1) is 13.7. The van der Waals surface area contributed by atoms with E-state index in [1.54, 1.807) is 6.07 Å². The van der Waals surface area contributed by atoms with Crippen molar-refractivity contribution in [3.8, 4) is 0 Å². The highest BCUT2D eigenvalue weighted by Crippen LogP contribution is 2.31. The van der Waals surface area contributed by atoms with E-state index in [-0.39, 0.29) is 0 Å². The number of aromatic nitrogens is 1. The Morgan fingerprint density at radius 2 is 1.96 bits per heavy atom. The van der Waals surface area contributed by atoms with Crippen LogP contribution < -0.4 is 10.6 Å². The molecule has 2 aliphatic rings. The molecule has 2 N–H and O–H groups in total. The Bertz CT molecular complexity index is 812. The van der Waals surface area contributed by atoms with Gasteiger partial charge in [-0.25, -0.2) is 0 Å². The number of hydrogen-bond acceptors (Lipinski definition) is 5. The molecule has 4 rings (SSSR count). The minimum absolute atomic E-state index is 0.384. The first-order valence-electron chi connectivity index (χ1n) is 10.3. The molecule has 0 radical (unpaired) electrons. The Labute approximate surface area is 166 Å². The average Bonchev–Trinajstić information content (AvgIpc) is 2.74. The number of rotatable bonds is 6. The molecule has 0 saturated carbocycles. The largest absolute Gasteiger partial charge is 0.381 e. The van der Waals surface area contributed by atoms with E-state index in [4.69, 9.17) is 15.2 Å². The van der Waals surface area contributed by atoms with Gasteiger partial charge in [0.1, 0.15) is 0 Å². The van der Waals surface area contributed by atoms with Gasteiger partial charge >= 0.3 is 0 Å². The fourth-order valence-corrected chi connectivity index (χ4v) is 4.26. The Kier molecular flexibility index (Phi) is 6.07. The van der Waals surface area contributed by atoms with E-state index >= 15 is 0 Å². The number of benzene rings is 1. The maximum Gasteiger partial charge on any atom is 0.248 e. The van der Waals surface area contributed by atoms with E-state index in [0.29, 0.717) is 17.6 Å². The SMILES string of the molecule is NC(=O)c1ccc2cncc(N3CCC(CCOC4CCOCC4)CC3)c2c1. The van der Waals surface area contributed by atoms with Crippen molar-refractivity contribution in [2.75, 3.05) is 37.8 Å². The van der Waals surface area contributed by atoms with Crippen LogP contribution in [0, 0.1) is 5.92 Å². The van der Waals surface area contributed by atoms with Crippen molar-refractivity contribution in [1.82, 2.24) is 4.98 Å². The van der Waals surface area contributed by atoms with Crippen molar-refractivity contribution in [1.29, 1.82) is 0 Å². The highest BCUT2D eigenvalue weighted by molar-refractivity contribution is 6.01. The summed E-state index contributed by atoms with van der Waals surface area (Å²) in [5.74, 6) is 0.313. The van der Waals surface area contributed by atoms with Crippen LogP contribution >= 0.6 is 0 Å². The number of amides is 1. The summed E-state index contributed by atoms with van der Waals surface area (Å²) < 4.78 is 11.4. The van der Waals surface area contributed by atoms with Crippen LogP contribution in [0.2, 0.25) is 0 Å². The number of primary amides is 1. The first kappa shape index (κ1) is 19.2. The third kappa shape index (κ3) is 4.45. The number of pyridine rings is 1. The van der Waals surface area contributed by atoms with Crippen LogP contribution in [-0.4, -0.2) is 49.9 Å². The zero-order valence-electron chi connectivity index (χ0n) is 16.3. The van der Waals surface area contributed by atoms with Gasteiger partial charge in [-0.05, 0) is 50.2 Å². The molecule has 3 heterocycles. The normalized spacial score (nSPS) is 19.2. The summed E-state index contributed by atoms with van der Waals surface area (Å²) in [6.07, 6.45) is 9.62. The maximum atomic E-state index is 11.6. The third-order valence-electron chi connectivity index (χ3n) is 6.03. The molecular weight excluding hydrogens is 354 g/mol. The summed E-state index contributed by atoms with van der Waals surface area (Å²) >= 11 is 0. The van der Waals surface area contributed by atoms with Crippen LogP contribution in [0.4, 0.5) is 5.69 Å². The van der Waals surface area contributed by atoms with Crippen LogP contribution in [-0.2, 0) is 9.47 Å². The Balaban J connectivity index is 1.34. The topological polar surface area (TPSA) is 77.7 Å². The second-order valence-electron chi connectivity index (χ2n) is 7.86. The summed E-state index contributed by atoms with van der Waals surface area (Å²) in [4.78, 5) is 18.3. The van der Waals surface area contributed by atoms with Crippen molar-refractivity contribution in [2.45, 2.75) is 38.2 Å². The Hall–Kier alpha value is -2.18. The van der Waals surface area contributed by atoms with Crippen LogP contribution in [0.25, 0.3) is 10.8 Å². The molecule has 0 spiro atoms. The molecular formula is C22H29N3O3. The third-order valence-corrected chi connectivity index (χ3v) is 6.03. The number of piperidine rings is 1. The molecule has 6 heteroatoms. The lowest BCUT2D eigenvalue weighted by Crippen LogP contribution is -2.34. The van der Waals surface area contributed by atoms with E-state index in [1.807, 2.05) is 24.5 Å². The summed E-state index contributed by atoms with van der Waals surface area (Å²) in [5.41, 5.74) is 7.10. The van der Waals surface area contributed by atoms with Gasteiger partial charge in [0.05, 0.1) is 18.0 Å². The summed E-state index contributed by atoms with van der Waals surface area (Å²) in [6.45, 7) is 4.53. The fraction of sp³-hybridized carbons (Fsp3) is 0.545. The molecule has 1 aromatic heterocycles. The van der Waals surface area contributed by atoms with Gasteiger partial charge < -0.3 is 20.1 Å². The van der Waals surface area contributed by atoms with Crippen LogP contribution in [0.3, 0.4) is 0 Å². The van der Waals surface area contributed by atoms with E-state index in [2.05, 4.69) is 9.88 Å². The summed E-state index contributed by atoms with van der Waals surface area (Å²) in [7, 11) is 0. The molecule has 28 heavy (non-hydrogen) atoms. The van der Waals surface area contributed by atoms with Gasteiger partial charge in [0.2, 0.25) is 5.91 Å². The lowest BCUT2D eigenvalue weighted by molar-refractivity contribution is -0.0356. The number of ether oxygens (including phenoxy) is 2. The van der Waals surface area contributed by atoms with Gasteiger partial charge in [-0.15, -0.1) is 0 Å². The van der Waals surface area contributed by atoms with E-state index < -0.39 is 5.91 Å². The molecule has 2 aromatic rings. The van der Waals surface area contributed by atoms with Crippen molar-refractivity contribution >= 4 is 22.4 Å². The van der Waals surface area contributed by atoms with Crippen molar-refractivity contribution in [2.24, 2.45) is 11.7 Å². The van der Waals surface area contributed by atoms with Gasteiger partial charge in [-0.2, -0.15) is 0 Å². The number of fused-ring (bicyclic) bond motifs is 1. The number of hydrogen-bond donors (Lipinski definition) is 1. The lowest BCUT2D eigenvalue weighted by atomic mass is 9.93. The van der Waals surface area contributed by atoms with Crippen LogP contribution in [0.1, 0.15) is 42.5 Å². The number of anilines is 1. The predicted octanol–water partition coefficient (Wildman–Crippen LogP) is 3.14. The van der Waals surface area contributed by atoms with Gasteiger partial charge in [-0.3, -0.25) is 9.78 Å². The molecule has 6 nitrogen and oxygen atoms in total. The molecule has 2 fully saturated rings. The van der Waals surface area contributed by atoms with Crippen LogP contribution in [0.15, 0.2) is 30.6 Å². The van der Waals surface area contributed by atoms with Gasteiger partial charge in [0.15, 0.2) is 0 Å². The molecule has 2 aliphatic heterocycles. The molecule has 1 aromatic carbocycles. The standard InChI is InChI=1S/C22H29N3O3/c23-22(26)17-1-2-18-14-24-15-21(20(18)13-17)25-8-3-16(4-9-25)5-12-28-19-6-10-27-11-7-19/h1-2,13-16,19H,3-12H2,(H2,23,26). The van der Waals surface area contributed by atoms with Crippen molar-refractivity contribution < 1.29 is 14.3 Å². The maximum absolute atomic E-state index is 11.6. The Morgan fingerprint density at radius 1 is 1.18 bits per heavy atom. The number of nitrogens with two attached hydrogens (primary N) is 1. The highest BCUT2D eigenvalue weighted by atomic mass is 16.5. The minimum Gasteiger partial charge on any atom is -0.381 e. The molecule has 150 valence electrons. The van der Waals surface area contributed by atoms with Gasteiger partial charge in [0, 0.05) is 55.4 Å². The van der Waals surface area contributed by atoms with E-state index in [0.717, 1.165) is 81.5 Å². The van der Waals surface area contributed by atoms with Gasteiger partial charge in [-0.1, -0.05) is 6.07 Å². The quantitative estimate of drug-likeness (QED) is 0.829. The first-order valence-corrected chi connectivity index (χ1v) is 10.3. The number of carbonyl (C=O) groups is 1. The average molecular weight is 383 g/mol. The van der Waals surface area contributed by atoms with Gasteiger partial charge in [0.25, 0.3) is 0 Å². The fourth-order valence-electron chi connectivity index (χ4n) is 4.26. The Morgan fingerprint density at radius 3 is 2.71 bits per heavy atom. The van der Waals surface area contributed by atoms with E-state index in [1.165, 1.54) is 0 Å². The van der Waals surface area contributed by atoms with E-state index in [9.17, 15) is 4.79 Å². The monoisotopic (exact) mass is 383 g/mol. The molecule has 0 atom stereocenters. The van der Waals surface area contributed by atoms with Crippen LogP contribution in [0.5, 0.6) is 0 Å². The predicted molar refractivity (Wildman–Crippen MR) is 110 cm³/mol. The molecule has 2 saturated heterocycles. The molecule has 0 aliphatic carbocycles. The molecule has 1 amide bonds.